The lowest BCUT2D eigenvalue weighted by Crippen LogP contribution is -2.34. The highest BCUT2D eigenvalue weighted by Crippen LogP contribution is 2.17. The number of aryl methyl sites for hydroxylation is 1. The van der Waals surface area contributed by atoms with Gasteiger partial charge in [-0.1, -0.05) is 43.7 Å². The number of carbonyl (C=O) groups excluding carboxylic acids is 1. The zero-order valence-electron chi connectivity index (χ0n) is 11.2. The smallest absolute Gasteiger partial charge is 0.252 e. The van der Waals surface area contributed by atoms with Crippen molar-refractivity contribution >= 4 is 11.7 Å². The third kappa shape index (κ3) is 2.93. The normalized spacial score (nSPS) is 16.8. The molecule has 1 N–H and O–H groups in total. The van der Waals surface area contributed by atoms with Gasteiger partial charge in [0.1, 0.15) is 11.4 Å². The van der Waals surface area contributed by atoms with Crippen molar-refractivity contribution in [3.05, 3.63) is 35.4 Å². The molecule has 0 fully saturated rings. The van der Waals surface area contributed by atoms with Crippen molar-refractivity contribution in [2.24, 2.45) is 4.99 Å². The van der Waals surface area contributed by atoms with Gasteiger partial charge < -0.3 is 5.32 Å². The number of amidine groups is 1. The van der Waals surface area contributed by atoms with Gasteiger partial charge in [-0.25, -0.2) is 0 Å². The van der Waals surface area contributed by atoms with Crippen molar-refractivity contribution in [3.8, 4) is 0 Å². The summed E-state index contributed by atoms with van der Waals surface area (Å²) < 4.78 is 0. The van der Waals surface area contributed by atoms with Gasteiger partial charge in [0.2, 0.25) is 0 Å². The molecule has 1 heterocycles. The lowest BCUT2D eigenvalue weighted by Gasteiger charge is -2.07. The number of benzene rings is 1. The highest BCUT2D eigenvalue weighted by atomic mass is 16.2. The van der Waals surface area contributed by atoms with E-state index in [2.05, 4.69) is 10.3 Å². The second kappa shape index (κ2) is 5.13. The Morgan fingerprint density at radius 1 is 1.18 bits per heavy atom. The van der Waals surface area contributed by atoms with Gasteiger partial charge >= 0.3 is 0 Å². The fraction of sp³-hybridized carbons (Fsp3) is 0.429. The van der Waals surface area contributed by atoms with Gasteiger partial charge in [0.05, 0.1) is 0 Å². The monoisotopic (exact) mass is 234 g/mol. The average Bonchev–Trinajstić information content (AvgIpc) is 2.57. The Balaban J connectivity index is 0.000000917. The molecule has 1 aliphatic heterocycles. The molecule has 3 nitrogen and oxygen atoms in total. The summed E-state index contributed by atoms with van der Waals surface area (Å²) in [5.41, 5.74) is 1.52. The van der Waals surface area contributed by atoms with Gasteiger partial charge in [0, 0.05) is 6.99 Å². The van der Waals surface area contributed by atoms with Crippen molar-refractivity contribution in [2.75, 3.05) is 0 Å². The number of amides is 1. The first-order valence-electron chi connectivity index (χ1n) is 5.97. The van der Waals surface area contributed by atoms with E-state index in [1.165, 1.54) is 5.56 Å². The van der Waals surface area contributed by atoms with Crippen molar-refractivity contribution in [2.45, 2.75) is 40.2 Å². The first-order valence-corrected chi connectivity index (χ1v) is 5.97. The largest absolute Gasteiger partial charge is 0.308 e. The molecule has 2 rings (SSSR count). The maximum absolute atomic E-state index is 11.5. The molecule has 0 bridgehead atoms. The van der Waals surface area contributed by atoms with Crippen LogP contribution in [0.15, 0.2) is 29.3 Å². The average molecular weight is 234 g/mol. The first kappa shape index (κ1) is 13.4. The van der Waals surface area contributed by atoms with E-state index in [-0.39, 0.29) is 7.33 Å². The summed E-state index contributed by atoms with van der Waals surface area (Å²) >= 11 is 0. The summed E-state index contributed by atoms with van der Waals surface area (Å²) in [5, 5.41) is 2.79. The summed E-state index contributed by atoms with van der Waals surface area (Å²) in [7, 11) is 0. The summed E-state index contributed by atoms with van der Waals surface area (Å²) in [6, 6.07) is 7.95. The van der Waals surface area contributed by atoms with Crippen molar-refractivity contribution in [3.63, 3.8) is 0 Å². The van der Waals surface area contributed by atoms with E-state index >= 15 is 0 Å². The molecule has 1 aliphatic rings. The van der Waals surface area contributed by atoms with Gasteiger partial charge in [-0.2, -0.15) is 0 Å². The second-order valence-electron chi connectivity index (χ2n) is 4.34. The van der Waals surface area contributed by atoms with E-state index in [1.54, 1.807) is 0 Å². The molecule has 0 aliphatic carbocycles. The maximum Gasteiger partial charge on any atom is 0.252 e. The molecule has 1 aromatic rings. The first-order chi connectivity index (χ1) is 7.99. The van der Waals surface area contributed by atoms with Crippen LogP contribution in [0, 0.1) is 6.92 Å². The number of hydrogen-bond donors (Lipinski definition) is 1. The van der Waals surface area contributed by atoms with Crippen LogP contribution in [0.4, 0.5) is 0 Å². The SMILES string of the molecule is CC.Cc1ccc(C2=NC(C)(C)C(=O)N2)cc1.[HH]. The minimum Gasteiger partial charge on any atom is -0.308 e. The van der Waals surface area contributed by atoms with E-state index in [4.69, 9.17) is 0 Å². The summed E-state index contributed by atoms with van der Waals surface area (Å²) in [6.07, 6.45) is 0. The number of rotatable bonds is 1. The number of carbonyl (C=O) groups is 1. The lowest BCUT2D eigenvalue weighted by atomic mass is 10.1. The zero-order valence-corrected chi connectivity index (χ0v) is 11.2. The molecule has 0 radical (unpaired) electrons. The van der Waals surface area contributed by atoms with E-state index in [1.807, 2.05) is 58.9 Å². The molecule has 0 aromatic heterocycles. The molecule has 0 saturated carbocycles. The topological polar surface area (TPSA) is 41.5 Å². The van der Waals surface area contributed by atoms with Crippen molar-refractivity contribution < 1.29 is 6.22 Å². The Labute approximate surface area is 104 Å². The van der Waals surface area contributed by atoms with Crippen LogP contribution >= 0.6 is 0 Å². The van der Waals surface area contributed by atoms with E-state index in [9.17, 15) is 4.79 Å². The van der Waals surface area contributed by atoms with E-state index in [0.29, 0.717) is 5.84 Å². The molecule has 0 spiro atoms. The fourth-order valence-electron chi connectivity index (χ4n) is 1.47. The zero-order chi connectivity index (χ0) is 13.1. The van der Waals surface area contributed by atoms with Gasteiger partial charge in [-0.3, -0.25) is 9.79 Å². The van der Waals surface area contributed by atoms with Crippen LogP contribution in [0.25, 0.3) is 0 Å². The van der Waals surface area contributed by atoms with Crippen LogP contribution in [0.1, 0.15) is 40.2 Å². The van der Waals surface area contributed by atoms with Crippen LogP contribution in [0.2, 0.25) is 0 Å². The molecular formula is C14H22N2O. The molecule has 17 heavy (non-hydrogen) atoms. The second-order valence-corrected chi connectivity index (χ2v) is 4.34. The van der Waals surface area contributed by atoms with Crippen LogP contribution in [-0.2, 0) is 4.79 Å². The minimum atomic E-state index is -0.639. The molecule has 1 aromatic carbocycles. The lowest BCUT2D eigenvalue weighted by molar-refractivity contribution is -0.122. The Morgan fingerprint density at radius 3 is 2.12 bits per heavy atom. The van der Waals surface area contributed by atoms with Gasteiger partial charge in [-0.05, 0) is 20.8 Å². The third-order valence-electron chi connectivity index (χ3n) is 2.50. The van der Waals surface area contributed by atoms with Gasteiger partial charge in [-0.15, -0.1) is 0 Å². The summed E-state index contributed by atoms with van der Waals surface area (Å²) in [4.78, 5) is 15.9. The number of hydrogen-bond acceptors (Lipinski definition) is 2. The fourth-order valence-corrected chi connectivity index (χ4v) is 1.47. The highest BCUT2D eigenvalue weighted by molar-refractivity contribution is 6.15. The predicted octanol–water partition coefficient (Wildman–Crippen LogP) is 2.92. The van der Waals surface area contributed by atoms with Crippen molar-refractivity contribution in [1.29, 1.82) is 0 Å². The molecule has 0 atom stereocenters. The molecule has 1 amide bonds. The van der Waals surface area contributed by atoms with Crippen LogP contribution < -0.4 is 5.32 Å². The van der Waals surface area contributed by atoms with E-state index < -0.39 is 5.54 Å². The Kier molecular flexibility index (Phi) is 4.05. The van der Waals surface area contributed by atoms with E-state index in [0.717, 1.165) is 5.56 Å². The number of nitrogens with zero attached hydrogens (tertiary/aromatic N) is 1. The molecule has 0 unspecified atom stereocenters. The summed E-state index contributed by atoms with van der Waals surface area (Å²) in [6.45, 7) is 9.65. The van der Waals surface area contributed by atoms with Crippen LogP contribution in [0.3, 0.4) is 0 Å². The molecule has 94 valence electrons. The highest BCUT2D eigenvalue weighted by Gasteiger charge is 2.34. The molecular weight excluding hydrogens is 212 g/mol. The third-order valence-corrected chi connectivity index (χ3v) is 2.50. The van der Waals surface area contributed by atoms with Gasteiger partial charge in [0.15, 0.2) is 0 Å². The summed E-state index contributed by atoms with van der Waals surface area (Å²) in [5.74, 6) is 0.628. The minimum absolute atomic E-state index is 0. The van der Waals surface area contributed by atoms with Crippen molar-refractivity contribution in [1.82, 2.24) is 5.32 Å². The Bertz CT molecular complexity index is 436. The van der Waals surface area contributed by atoms with Crippen LogP contribution in [-0.4, -0.2) is 17.3 Å². The quantitative estimate of drug-likeness (QED) is 0.797. The van der Waals surface area contributed by atoms with Crippen LogP contribution in [0.5, 0.6) is 0 Å². The Morgan fingerprint density at radius 2 is 1.71 bits per heavy atom. The number of nitrogens with one attached hydrogen (secondary N) is 1. The Hall–Kier alpha value is -1.64. The number of aliphatic imine (C=N–C) groups is 1. The molecule has 0 saturated heterocycles. The molecule has 3 heteroatoms. The maximum atomic E-state index is 11.5. The predicted molar refractivity (Wildman–Crippen MR) is 73.4 cm³/mol. The van der Waals surface area contributed by atoms with Gasteiger partial charge in [0.25, 0.3) is 5.91 Å². The standard InChI is InChI=1S/C12H14N2O.C2H6.H2/c1-8-4-6-9(7-5-8)10-13-11(15)12(2,3)14-10;1-2;/h4-7H,1-3H3,(H,13,14,15);1-2H3;1H.